The number of nitrogens with one attached hydrogen (secondary N) is 2. The Morgan fingerprint density at radius 1 is 0.949 bits per heavy atom. The second-order valence-corrected chi connectivity index (χ2v) is 8.75. The molecule has 1 saturated heterocycles. The summed E-state index contributed by atoms with van der Waals surface area (Å²) < 4.78 is 42.6. The number of amides is 3. The van der Waals surface area contributed by atoms with E-state index in [1.54, 1.807) is 12.1 Å². The van der Waals surface area contributed by atoms with E-state index in [0.717, 1.165) is 12.1 Å². The molecule has 2 aromatic rings. The van der Waals surface area contributed by atoms with Gasteiger partial charge < -0.3 is 34.9 Å². The molecule has 0 bridgehead atoms. The summed E-state index contributed by atoms with van der Waals surface area (Å²) in [6.45, 7) is 4.84. The number of benzene rings is 2. The Morgan fingerprint density at radius 3 is 2.21 bits per heavy atom. The third-order valence-corrected chi connectivity index (χ3v) is 5.97. The monoisotopic (exact) mass is 549 g/mol. The Hall–Kier alpha value is -3.45. The van der Waals surface area contributed by atoms with Crippen LogP contribution in [0, 0.1) is 11.6 Å². The Morgan fingerprint density at radius 2 is 1.56 bits per heavy atom. The van der Waals surface area contributed by atoms with Gasteiger partial charge in [-0.25, -0.2) is 8.78 Å². The van der Waals surface area contributed by atoms with Crippen molar-refractivity contribution in [3.8, 4) is 0 Å². The van der Waals surface area contributed by atoms with E-state index < -0.39 is 29.0 Å². The van der Waals surface area contributed by atoms with Crippen molar-refractivity contribution in [3.05, 3.63) is 65.2 Å². The molecule has 212 valence electrons. The molecular weight excluding hydrogens is 516 g/mol. The van der Waals surface area contributed by atoms with Gasteiger partial charge in [0.05, 0.1) is 33.0 Å². The average molecular weight is 550 g/mol. The van der Waals surface area contributed by atoms with E-state index >= 15 is 0 Å². The van der Waals surface area contributed by atoms with Crippen LogP contribution >= 0.6 is 0 Å². The van der Waals surface area contributed by atoms with Crippen molar-refractivity contribution in [2.45, 2.75) is 25.5 Å². The summed E-state index contributed by atoms with van der Waals surface area (Å²) >= 11 is 0. The van der Waals surface area contributed by atoms with Gasteiger partial charge in [0.25, 0.3) is 17.7 Å². The molecule has 1 atom stereocenters. The lowest BCUT2D eigenvalue weighted by Crippen LogP contribution is -2.52. The molecule has 1 unspecified atom stereocenters. The van der Waals surface area contributed by atoms with Gasteiger partial charge in [-0.3, -0.25) is 14.4 Å². The van der Waals surface area contributed by atoms with Gasteiger partial charge >= 0.3 is 0 Å². The fourth-order valence-electron chi connectivity index (χ4n) is 3.92. The van der Waals surface area contributed by atoms with E-state index in [-0.39, 0.29) is 31.0 Å². The number of carbonyl (C=O) groups is 3. The number of rotatable bonds is 15. The lowest BCUT2D eigenvalue weighted by atomic mass is 10.0. The lowest BCUT2D eigenvalue weighted by molar-refractivity contribution is -0.149. The fourth-order valence-corrected chi connectivity index (χ4v) is 3.92. The van der Waals surface area contributed by atoms with Crippen LogP contribution in [0.15, 0.2) is 42.5 Å². The number of anilines is 1. The molecule has 1 aliphatic rings. The zero-order chi connectivity index (χ0) is 28.3. The van der Waals surface area contributed by atoms with Crippen molar-refractivity contribution < 1.29 is 42.5 Å². The molecule has 39 heavy (non-hydrogen) atoms. The Bertz CT molecular complexity index is 1110. The Balaban J connectivity index is 1.43. The number of hydrogen-bond donors (Lipinski definition) is 3. The third-order valence-electron chi connectivity index (χ3n) is 5.97. The summed E-state index contributed by atoms with van der Waals surface area (Å²) in [6.07, 6.45) is -0.172. The molecule has 0 aliphatic carbocycles. The second-order valence-electron chi connectivity index (χ2n) is 8.75. The highest BCUT2D eigenvalue weighted by Crippen LogP contribution is 2.29. The van der Waals surface area contributed by atoms with E-state index in [2.05, 4.69) is 10.6 Å². The van der Waals surface area contributed by atoms with Gasteiger partial charge in [0.1, 0.15) is 11.6 Å². The highest BCUT2D eigenvalue weighted by atomic mass is 19.1. The summed E-state index contributed by atoms with van der Waals surface area (Å²) in [5, 5.41) is 15.9. The van der Waals surface area contributed by atoms with Crippen LogP contribution in [-0.4, -0.2) is 81.2 Å². The minimum Gasteiger partial charge on any atom is -0.379 e. The highest BCUT2D eigenvalue weighted by molar-refractivity contribution is 6.16. The summed E-state index contributed by atoms with van der Waals surface area (Å²) in [5.74, 6) is -3.73. The quantitative estimate of drug-likeness (QED) is 0.227. The Kier molecular flexibility index (Phi) is 11.3. The van der Waals surface area contributed by atoms with E-state index in [1.807, 2.05) is 6.92 Å². The second kappa shape index (κ2) is 14.6. The number of halogens is 2. The smallest absolute Gasteiger partial charge is 0.268 e. The van der Waals surface area contributed by atoms with Crippen molar-refractivity contribution in [3.63, 3.8) is 0 Å². The molecule has 1 aliphatic heterocycles. The largest absolute Gasteiger partial charge is 0.379 e. The van der Waals surface area contributed by atoms with Crippen LogP contribution in [0.4, 0.5) is 14.5 Å². The Labute approximate surface area is 225 Å². The highest BCUT2D eigenvalue weighted by Gasteiger charge is 2.51. The molecule has 1 fully saturated rings. The number of carbonyl (C=O) groups excluding carboxylic acids is 3. The van der Waals surface area contributed by atoms with Crippen LogP contribution < -0.4 is 15.5 Å². The molecular formula is C27H33F2N3O7. The molecule has 0 radical (unpaired) electrons. The van der Waals surface area contributed by atoms with Crippen molar-refractivity contribution in [2.75, 3.05) is 57.6 Å². The summed E-state index contributed by atoms with van der Waals surface area (Å²) in [5.41, 5.74) is -1.41. The average Bonchev–Trinajstić information content (AvgIpc) is 3.22. The first kappa shape index (κ1) is 30.1. The summed E-state index contributed by atoms with van der Waals surface area (Å²) in [4.78, 5) is 39.1. The maximum Gasteiger partial charge on any atom is 0.268 e. The van der Waals surface area contributed by atoms with Gasteiger partial charge in [-0.1, -0.05) is 0 Å². The van der Waals surface area contributed by atoms with Gasteiger partial charge in [-0.2, -0.15) is 0 Å². The molecule has 3 N–H and O–H groups in total. The topological polar surface area (TPSA) is 126 Å². The first-order valence-electron chi connectivity index (χ1n) is 12.6. The molecule has 2 aromatic carbocycles. The van der Waals surface area contributed by atoms with E-state index in [9.17, 15) is 28.3 Å². The van der Waals surface area contributed by atoms with Crippen LogP contribution in [0.1, 0.15) is 29.3 Å². The van der Waals surface area contributed by atoms with Crippen LogP contribution in [-0.2, 0) is 30.3 Å². The summed E-state index contributed by atoms with van der Waals surface area (Å²) in [7, 11) is 0. The maximum atomic E-state index is 13.4. The van der Waals surface area contributed by atoms with Gasteiger partial charge in [0.2, 0.25) is 5.60 Å². The number of aliphatic hydroxyl groups is 1. The minimum absolute atomic E-state index is 0.0651. The van der Waals surface area contributed by atoms with Crippen molar-refractivity contribution >= 4 is 23.4 Å². The molecule has 3 amide bonds. The predicted octanol–water partition coefficient (Wildman–Crippen LogP) is 1.55. The first-order chi connectivity index (χ1) is 18.7. The van der Waals surface area contributed by atoms with Crippen LogP contribution in [0.25, 0.3) is 0 Å². The molecule has 0 aromatic heterocycles. The van der Waals surface area contributed by atoms with Crippen molar-refractivity contribution in [1.82, 2.24) is 10.6 Å². The normalized spacial score (nSPS) is 16.9. The van der Waals surface area contributed by atoms with Gasteiger partial charge in [-0.15, -0.1) is 0 Å². The van der Waals surface area contributed by atoms with Crippen LogP contribution in [0.2, 0.25) is 0 Å². The first-order valence-corrected chi connectivity index (χ1v) is 12.6. The van der Waals surface area contributed by atoms with Gasteiger partial charge in [0, 0.05) is 50.0 Å². The molecule has 10 nitrogen and oxygen atoms in total. The SMILES string of the molecule is CCOCCOCCOCCNC(=O)c1ccc(N2CCC(O)(C(=O)NCc3cc(F)cc(F)c3)C2=O)cc1. The van der Waals surface area contributed by atoms with E-state index in [0.29, 0.717) is 63.5 Å². The summed E-state index contributed by atoms with van der Waals surface area (Å²) in [6, 6.07) is 8.93. The number of hydrogen-bond acceptors (Lipinski definition) is 7. The predicted molar refractivity (Wildman–Crippen MR) is 137 cm³/mol. The third kappa shape index (κ3) is 8.52. The zero-order valence-electron chi connectivity index (χ0n) is 21.7. The van der Waals surface area contributed by atoms with Crippen molar-refractivity contribution in [1.29, 1.82) is 0 Å². The maximum absolute atomic E-state index is 13.4. The molecule has 1 heterocycles. The molecule has 0 saturated carbocycles. The molecule has 0 spiro atoms. The van der Waals surface area contributed by atoms with E-state index in [1.165, 1.54) is 17.0 Å². The minimum atomic E-state index is -2.32. The molecule has 3 rings (SSSR count). The fraction of sp³-hybridized carbons (Fsp3) is 0.444. The zero-order valence-corrected chi connectivity index (χ0v) is 21.7. The van der Waals surface area contributed by atoms with E-state index in [4.69, 9.17) is 14.2 Å². The standard InChI is InChI=1S/C27H33F2N3O7/c1-2-37-11-12-39-14-13-38-10-8-30-24(33)20-3-5-23(6-4-20)32-9-7-27(36,26(32)35)25(34)31-18-19-15-21(28)17-22(29)16-19/h3-6,15-17,36H,2,7-14,18H2,1H3,(H,30,33)(H,31,34). The lowest BCUT2D eigenvalue weighted by Gasteiger charge is -2.22. The van der Waals surface area contributed by atoms with Crippen LogP contribution in [0.5, 0.6) is 0 Å². The van der Waals surface area contributed by atoms with Gasteiger partial charge in [-0.05, 0) is 48.9 Å². The number of ether oxygens (including phenoxy) is 3. The van der Waals surface area contributed by atoms with Gasteiger partial charge in [0.15, 0.2) is 0 Å². The van der Waals surface area contributed by atoms with Crippen LogP contribution in [0.3, 0.4) is 0 Å². The number of nitrogens with zero attached hydrogens (tertiary/aromatic N) is 1. The van der Waals surface area contributed by atoms with Crippen molar-refractivity contribution in [2.24, 2.45) is 0 Å². The molecule has 12 heteroatoms.